The highest BCUT2D eigenvalue weighted by Crippen LogP contribution is 2.39. The van der Waals surface area contributed by atoms with Crippen LogP contribution in [-0.2, 0) is 4.79 Å². The van der Waals surface area contributed by atoms with E-state index in [-0.39, 0.29) is 24.4 Å². The number of halogens is 2. The highest BCUT2D eigenvalue weighted by molar-refractivity contribution is 5.93. The van der Waals surface area contributed by atoms with Crippen LogP contribution in [0.4, 0.5) is 14.6 Å². The molecule has 0 spiro atoms. The molecule has 0 aliphatic heterocycles. The molecule has 6 nitrogen and oxygen atoms in total. The van der Waals surface area contributed by atoms with Gasteiger partial charge in [-0.15, -0.1) is 0 Å². The number of anilines is 1. The van der Waals surface area contributed by atoms with Gasteiger partial charge in [-0.2, -0.15) is 5.10 Å². The molecule has 2 rings (SSSR count). The zero-order valence-electron chi connectivity index (χ0n) is 9.24. The highest BCUT2D eigenvalue weighted by Gasteiger charge is 2.42. The summed E-state index contributed by atoms with van der Waals surface area (Å²) in [5, 5.41) is 16.7. The first-order valence-corrected chi connectivity index (χ1v) is 5.35. The summed E-state index contributed by atoms with van der Waals surface area (Å²) in [7, 11) is 0. The standard InChI is InChI=1S/C10H11F2N3O3/c11-10(12)2-1-5(4-10)8(16)13-7-3-6(9(17)18)14-15-7/h3,5H,1-2,4H2,(H,17,18)(H2,13,14,15,16). The van der Waals surface area contributed by atoms with E-state index in [0.717, 1.165) is 6.07 Å². The third-order valence-corrected chi connectivity index (χ3v) is 2.83. The number of alkyl halides is 2. The maximum absolute atomic E-state index is 12.9. The van der Waals surface area contributed by atoms with E-state index >= 15 is 0 Å². The number of nitrogens with zero attached hydrogens (tertiary/aromatic N) is 1. The van der Waals surface area contributed by atoms with Crippen LogP contribution < -0.4 is 5.32 Å². The van der Waals surface area contributed by atoms with Crippen LogP contribution in [0.2, 0.25) is 0 Å². The van der Waals surface area contributed by atoms with Crippen molar-refractivity contribution in [3.8, 4) is 0 Å². The predicted molar refractivity (Wildman–Crippen MR) is 56.5 cm³/mol. The van der Waals surface area contributed by atoms with Crippen molar-refractivity contribution in [1.82, 2.24) is 10.2 Å². The minimum atomic E-state index is -2.79. The zero-order chi connectivity index (χ0) is 13.3. The Balaban J connectivity index is 1.97. The third-order valence-electron chi connectivity index (χ3n) is 2.83. The second kappa shape index (κ2) is 4.35. The van der Waals surface area contributed by atoms with E-state index in [4.69, 9.17) is 5.11 Å². The topological polar surface area (TPSA) is 95.1 Å². The van der Waals surface area contributed by atoms with E-state index in [1.165, 1.54) is 0 Å². The molecule has 1 fully saturated rings. The molecular formula is C10H11F2N3O3. The number of carbonyl (C=O) groups is 2. The molecule has 1 heterocycles. The molecule has 8 heteroatoms. The lowest BCUT2D eigenvalue weighted by molar-refractivity contribution is -0.120. The molecule has 1 amide bonds. The fraction of sp³-hybridized carbons (Fsp3) is 0.500. The van der Waals surface area contributed by atoms with Crippen LogP contribution >= 0.6 is 0 Å². The molecule has 1 unspecified atom stereocenters. The third kappa shape index (κ3) is 2.63. The van der Waals surface area contributed by atoms with Gasteiger partial charge in [-0.25, -0.2) is 13.6 Å². The minimum Gasteiger partial charge on any atom is -0.477 e. The van der Waals surface area contributed by atoms with Gasteiger partial charge in [0.15, 0.2) is 5.82 Å². The Bertz CT molecular complexity index is 486. The molecule has 18 heavy (non-hydrogen) atoms. The van der Waals surface area contributed by atoms with Gasteiger partial charge in [-0.05, 0) is 6.42 Å². The van der Waals surface area contributed by atoms with Gasteiger partial charge in [0.25, 0.3) is 0 Å². The number of aromatic amines is 1. The Morgan fingerprint density at radius 1 is 1.56 bits per heavy atom. The number of hydrogen-bond donors (Lipinski definition) is 3. The van der Waals surface area contributed by atoms with Gasteiger partial charge in [0.2, 0.25) is 11.8 Å². The molecule has 0 aromatic carbocycles. The molecule has 0 radical (unpaired) electrons. The molecule has 1 aromatic heterocycles. The first kappa shape index (κ1) is 12.5. The van der Waals surface area contributed by atoms with Crippen molar-refractivity contribution in [2.75, 3.05) is 5.32 Å². The molecule has 1 aromatic rings. The van der Waals surface area contributed by atoms with Crippen molar-refractivity contribution >= 4 is 17.7 Å². The van der Waals surface area contributed by atoms with E-state index in [1.54, 1.807) is 0 Å². The summed E-state index contributed by atoms with van der Waals surface area (Å²) in [6.07, 6.45) is -0.657. The number of aromatic carboxylic acids is 1. The molecule has 1 atom stereocenters. The lowest BCUT2D eigenvalue weighted by Gasteiger charge is -2.09. The minimum absolute atomic E-state index is 0.0209. The molecule has 1 aliphatic rings. The fourth-order valence-corrected chi connectivity index (χ4v) is 1.90. The van der Waals surface area contributed by atoms with E-state index in [1.807, 2.05) is 0 Å². The fourth-order valence-electron chi connectivity index (χ4n) is 1.90. The lowest BCUT2D eigenvalue weighted by atomic mass is 10.1. The van der Waals surface area contributed by atoms with Crippen LogP contribution in [0.1, 0.15) is 29.8 Å². The van der Waals surface area contributed by atoms with Gasteiger partial charge < -0.3 is 10.4 Å². The molecule has 0 bridgehead atoms. The summed E-state index contributed by atoms with van der Waals surface area (Å²) < 4.78 is 25.8. The van der Waals surface area contributed by atoms with Crippen LogP contribution in [-0.4, -0.2) is 33.1 Å². The van der Waals surface area contributed by atoms with Crippen LogP contribution in [0.3, 0.4) is 0 Å². The zero-order valence-corrected chi connectivity index (χ0v) is 9.24. The van der Waals surface area contributed by atoms with E-state index in [0.29, 0.717) is 0 Å². The van der Waals surface area contributed by atoms with Crippen LogP contribution in [0.15, 0.2) is 6.07 Å². The van der Waals surface area contributed by atoms with E-state index in [2.05, 4.69) is 15.5 Å². The Kier molecular flexibility index (Phi) is 3.02. The van der Waals surface area contributed by atoms with Crippen molar-refractivity contribution in [1.29, 1.82) is 0 Å². The number of aromatic nitrogens is 2. The summed E-state index contributed by atoms with van der Waals surface area (Å²) in [5.74, 6) is -5.30. The Morgan fingerprint density at radius 2 is 2.28 bits per heavy atom. The summed E-state index contributed by atoms with van der Waals surface area (Å²) in [4.78, 5) is 22.2. The normalized spacial score (nSPS) is 21.8. The highest BCUT2D eigenvalue weighted by atomic mass is 19.3. The number of amides is 1. The van der Waals surface area contributed by atoms with Crippen LogP contribution in [0.25, 0.3) is 0 Å². The van der Waals surface area contributed by atoms with E-state index < -0.39 is 30.1 Å². The van der Waals surface area contributed by atoms with E-state index in [9.17, 15) is 18.4 Å². The first-order valence-electron chi connectivity index (χ1n) is 5.35. The molecular weight excluding hydrogens is 248 g/mol. The van der Waals surface area contributed by atoms with Crippen molar-refractivity contribution in [3.63, 3.8) is 0 Å². The smallest absolute Gasteiger partial charge is 0.353 e. The predicted octanol–water partition coefficient (Wildman–Crippen LogP) is 1.48. The van der Waals surface area contributed by atoms with Gasteiger partial charge in [0, 0.05) is 24.8 Å². The molecule has 98 valence electrons. The maximum atomic E-state index is 12.9. The number of H-pyrrole nitrogens is 1. The largest absolute Gasteiger partial charge is 0.477 e. The lowest BCUT2D eigenvalue weighted by Crippen LogP contribution is -2.22. The van der Waals surface area contributed by atoms with Crippen molar-refractivity contribution in [2.24, 2.45) is 5.92 Å². The summed E-state index contributed by atoms with van der Waals surface area (Å²) in [5.41, 5.74) is -0.179. The van der Waals surface area contributed by atoms with Gasteiger partial charge >= 0.3 is 5.97 Å². The number of carboxylic acids is 1. The molecule has 1 saturated carbocycles. The van der Waals surface area contributed by atoms with Gasteiger partial charge in [-0.3, -0.25) is 9.89 Å². The Labute approximate surface area is 100 Å². The molecule has 0 saturated heterocycles. The van der Waals surface area contributed by atoms with Crippen LogP contribution in [0.5, 0.6) is 0 Å². The number of nitrogens with one attached hydrogen (secondary N) is 2. The summed E-state index contributed by atoms with van der Waals surface area (Å²) >= 11 is 0. The van der Waals surface area contributed by atoms with Crippen molar-refractivity contribution < 1.29 is 23.5 Å². The average Bonchev–Trinajstić information content (AvgIpc) is 2.84. The van der Waals surface area contributed by atoms with Gasteiger partial charge in [0.1, 0.15) is 5.69 Å². The van der Waals surface area contributed by atoms with Gasteiger partial charge in [-0.1, -0.05) is 0 Å². The Hall–Kier alpha value is -1.99. The Morgan fingerprint density at radius 3 is 2.78 bits per heavy atom. The maximum Gasteiger partial charge on any atom is 0.353 e. The summed E-state index contributed by atoms with van der Waals surface area (Å²) in [6.45, 7) is 0. The summed E-state index contributed by atoms with van der Waals surface area (Å²) in [6, 6.07) is 1.13. The number of rotatable bonds is 3. The van der Waals surface area contributed by atoms with Crippen molar-refractivity contribution in [3.05, 3.63) is 11.8 Å². The number of hydrogen-bond acceptors (Lipinski definition) is 3. The average molecular weight is 259 g/mol. The van der Waals surface area contributed by atoms with Crippen LogP contribution in [0, 0.1) is 5.92 Å². The number of carboxylic acid groups (broad SMARTS) is 1. The monoisotopic (exact) mass is 259 g/mol. The van der Waals surface area contributed by atoms with Gasteiger partial charge in [0.05, 0.1) is 0 Å². The second-order valence-corrected chi connectivity index (χ2v) is 4.26. The SMILES string of the molecule is O=C(O)c1cc(NC(=O)C2CCC(F)(F)C2)n[nH]1. The number of carbonyl (C=O) groups excluding carboxylic acids is 1. The molecule has 1 aliphatic carbocycles. The first-order chi connectivity index (χ1) is 8.37. The second-order valence-electron chi connectivity index (χ2n) is 4.26. The van der Waals surface area contributed by atoms with Crippen molar-refractivity contribution in [2.45, 2.75) is 25.2 Å². The molecule has 3 N–H and O–H groups in total. The quantitative estimate of drug-likeness (QED) is 0.766.